The largest absolute Gasteiger partial charge is 0.490 e. The molecule has 1 aromatic heterocycles. The first-order valence-corrected chi connectivity index (χ1v) is 10.7. The second-order valence-electron chi connectivity index (χ2n) is 8.38. The predicted octanol–water partition coefficient (Wildman–Crippen LogP) is 5.94. The fourth-order valence-corrected chi connectivity index (χ4v) is 4.35. The monoisotopic (exact) mass is 387 g/mol. The lowest BCUT2D eigenvalue weighted by atomic mass is 9.83. The van der Waals surface area contributed by atoms with E-state index in [-0.39, 0.29) is 5.78 Å². The van der Waals surface area contributed by atoms with Crippen LogP contribution in [-0.2, 0) is 17.6 Å². The van der Waals surface area contributed by atoms with E-state index < -0.39 is 0 Å². The third-order valence-electron chi connectivity index (χ3n) is 6.03. The van der Waals surface area contributed by atoms with Gasteiger partial charge in [-0.05, 0) is 92.1 Å². The molecule has 1 aliphatic rings. The van der Waals surface area contributed by atoms with Crippen molar-refractivity contribution in [3.05, 3.63) is 72.1 Å². The van der Waals surface area contributed by atoms with E-state index in [0.29, 0.717) is 12.5 Å². The van der Waals surface area contributed by atoms with Gasteiger partial charge in [-0.2, -0.15) is 0 Å². The molecule has 0 unspecified atom stereocenters. The van der Waals surface area contributed by atoms with Crippen LogP contribution in [0.3, 0.4) is 0 Å². The Labute approximate surface area is 173 Å². The third kappa shape index (κ3) is 5.44. The molecule has 2 aromatic carbocycles. The standard InChI is InChI=1S/C26H29NO2/c1-19(28)16-22-6-4-20(5-7-22)2-3-21-8-11-25(12-9-21)29-26-13-10-24-18-27-15-14-23(24)17-26/h4-7,10,13-15,17-18,21,25H,2-3,8-9,11-12,16H2,1H3/t21-,25+. The van der Waals surface area contributed by atoms with Crippen LogP contribution in [0.1, 0.15) is 50.2 Å². The van der Waals surface area contributed by atoms with Gasteiger partial charge >= 0.3 is 0 Å². The number of rotatable bonds is 7. The van der Waals surface area contributed by atoms with Crippen LogP contribution in [0.4, 0.5) is 0 Å². The third-order valence-corrected chi connectivity index (χ3v) is 6.03. The molecular weight excluding hydrogens is 358 g/mol. The highest BCUT2D eigenvalue weighted by molar-refractivity contribution is 5.82. The Hall–Kier alpha value is -2.68. The number of carbonyl (C=O) groups excluding carboxylic acids is 1. The lowest BCUT2D eigenvalue weighted by Gasteiger charge is -2.29. The van der Waals surface area contributed by atoms with E-state index in [1.54, 1.807) is 6.92 Å². The Bertz CT molecular complexity index is 956. The number of carbonyl (C=O) groups is 1. The first-order chi connectivity index (χ1) is 14.2. The maximum Gasteiger partial charge on any atom is 0.134 e. The van der Waals surface area contributed by atoms with Gasteiger partial charge in [0.05, 0.1) is 6.10 Å². The molecule has 0 N–H and O–H groups in total. The average molecular weight is 388 g/mol. The van der Waals surface area contributed by atoms with Gasteiger partial charge in [0, 0.05) is 24.2 Å². The molecule has 1 heterocycles. The summed E-state index contributed by atoms with van der Waals surface area (Å²) in [5.41, 5.74) is 2.49. The van der Waals surface area contributed by atoms with Crippen LogP contribution in [0.25, 0.3) is 10.8 Å². The number of pyridine rings is 1. The summed E-state index contributed by atoms with van der Waals surface area (Å²) in [6.45, 7) is 1.64. The second kappa shape index (κ2) is 9.21. The molecule has 0 spiro atoms. The van der Waals surface area contributed by atoms with Gasteiger partial charge in [-0.3, -0.25) is 9.78 Å². The van der Waals surface area contributed by atoms with Crippen molar-refractivity contribution in [1.82, 2.24) is 4.98 Å². The number of hydrogen-bond acceptors (Lipinski definition) is 3. The molecule has 0 amide bonds. The number of fused-ring (bicyclic) bond motifs is 1. The van der Waals surface area contributed by atoms with Crippen molar-refractivity contribution in [3.63, 3.8) is 0 Å². The van der Waals surface area contributed by atoms with E-state index in [9.17, 15) is 4.79 Å². The smallest absolute Gasteiger partial charge is 0.134 e. The van der Waals surface area contributed by atoms with Crippen molar-refractivity contribution in [2.24, 2.45) is 5.92 Å². The van der Waals surface area contributed by atoms with Crippen molar-refractivity contribution in [2.75, 3.05) is 0 Å². The van der Waals surface area contributed by atoms with Crippen LogP contribution in [0.15, 0.2) is 60.9 Å². The van der Waals surface area contributed by atoms with E-state index in [1.807, 2.05) is 18.5 Å². The Kier molecular flexibility index (Phi) is 6.24. The molecule has 4 rings (SSSR count). The first-order valence-electron chi connectivity index (χ1n) is 10.7. The summed E-state index contributed by atoms with van der Waals surface area (Å²) >= 11 is 0. The van der Waals surface area contributed by atoms with Crippen LogP contribution in [-0.4, -0.2) is 16.9 Å². The number of ketones is 1. The minimum absolute atomic E-state index is 0.220. The van der Waals surface area contributed by atoms with Crippen LogP contribution in [0.5, 0.6) is 5.75 Å². The van der Waals surface area contributed by atoms with Crippen LogP contribution < -0.4 is 4.74 Å². The van der Waals surface area contributed by atoms with Crippen LogP contribution >= 0.6 is 0 Å². The number of nitrogens with zero attached hydrogens (tertiary/aromatic N) is 1. The summed E-state index contributed by atoms with van der Waals surface area (Å²) in [4.78, 5) is 15.4. The molecule has 150 valence electrons. The van der Waals surface area contributed by atoms with Crippen molar-refractivity contribution >= 4 is 16.6 Å². The molecule has 29 heavy (non-hydrogen) atoms. The molecule has 3 heteroatoms. The average Bonchev–Trinajstić information content (AvgIpc) is 2.74. The zero-order valence-corrected chi connectivity index (χ0v) is 17.1. The highest BCUT2D eigenvalue weighted by Crippen LogP contribution is 2.31. The van der Waals surface area contributed by atoms with Crippen molar-refractivity contribution in [2.45, 2.75) is 58.0 Å². The zero-order valence-electron chi connectivity index (χ0n) is 17.1. The molecular formula is C26H29NO2. The Morgan fingerprint density at radius 2 is 1.72 bits per heavy atom. The molecule has 0 bridgehead atoms. The number of aryl methyl sites for hydroxylation is 1. The molecule has 3 nitrogen and oxygen atoms in total. The molecule has 1 aliphatic carbocycles. The topological polar surface area (TPSA) is 39.2 Å². The molecule has 3 aromatic rings. The lowest BCUT2D eigenvalue weighted by molar-refractivity contribution is -0.116. The first kappa shape index (κ1) is 19.6. The SMILES string of the molecule is CC(=O)Cc1ccc(CC[C@H]2CC[C@@H](Oc3ccc4cnccc4c3)CC2)cc1. The maximum atomic E-state index is 11.2. The summed E-state index contributed by atoms with van der Waals surface area (Å²) < 4.78 is 6.27. The molecule has 1 saturated carbocycles. The van der Waals surface area contributed by atoms with E-state index in [2.05, 4.69) is 47.4 Å². The summed E-state index contributed by atoms with van der Waals surface area (Å²) in [7, 11) is 0. The Morgan fingerprint density at radius 3 is 2.48 bits per heavy atom. The normalized spacial score (nSPS) is 19.2. The molecule has 0 atom stereocenters. The second-order valence-corrected chi connectivity index (χ2v) is 8.38. The van der Waals surface area contributed by atoms with Crippen LogP contribution in [0.2, 0.25) is 0 Å². The van der Waals surface area contributed by atoms with Crippen molar-refractivity contribution in [3.8, 4) is 5.75 Å². The fourth-order valence-electron chi connectivity index (χ4n) is 4.35. The van der Waals surface area contributed by atoms with Gasteiger partial charge in [0.15, 0.2) is 0 Å². The predicted molar refractivity (Wildman–Crippen MR) is 117 cm³/mol. The maximum absolute atomic E-state index is 11.2. The van der Waals surface area contributed by atoms with Gasteiger partial charge in [0.2, 0.25) is 0 Å². The highest BCUT2D eigenvalue weighted by atomic mass is 16.5. The number of aromatic nitrogens is 1. The Balaban J connectivity index is 1.23. The number of Topliss-reactive ketones (excluding diaryl/α,β-unsaturated/α-hetero) is 1. The number of benzene rings is 2. The van der Waals surface area contributed by atoms with E-state index >= 15 is 0 Å². The van der Waals surface area contributed by atoms with Gasteiger partial charge in [-0.15, -0.1) is 0 Å². The van der Waals surface area contributed by atoms with E-state index in [0.717, 1.165) is 41.9 Å². The minimum Gasteiger partial charge on any atom is -0.490 e. The summed E-state index contributed by atoms with van der Waals surface area (Å²) in [5.74, 6) is 1.98. The van der Waals surface area contributed by atoms with Gasteiger partial charge in [0.1, 0.15) is 11.5 Å². The number of ether oxygens (including phenoxy) is 1. The van der Waals surface area contributed by atoms with Gasteiger partial charge < -0.3 is 4.74 Å². The van der Waals surface area contributed by atoms with Gasteiger partial charge in [0.25, 0.3) is 0 Å². The quantitative estimate of drug-likeness (QED) is 0.504. The summed E-state index contributed by atoms with van der Waals surface area (Å²) in [6, 6.07) is 16.9. The Morgan fingerprint density at radius 1 is 0.966 bits per heavy atom. The molecule has 0 radical (unpaired) electrons. The number of hydrogen-bond donors (Lipinski definition) is 0. The summed E-state index contributed by atoms with van der Waals surface area (Å²) in [5, 5.41) is 2.33. The fraction of sp³-hybridized carbons (Fsp3) is 0.385. The van der Waals surface area contributed by atoms with E-state index in [1.165, 1.54) is 30.2 Å². The molecule has 0 saturated heterocycles. The van der Waals surface area contributed by atoms with E-state index in [4.69, 9.17) is 4.74 Å². The molecule has 0 aliphatic heterocycles. The van der Waals surface area contributed by atoms with Crippen LogP contribution in [0, 0.1) is 5.92 Å². The van der Waals surface area contributed by atoms with Crippen molar-refractivity contribution < 1.29 is 9.53 Å². The lowest BCUT2D eigenvalue weighted by Crippen LogP contribution is -2.24. The minimum atomic E-state index is 0.220. The zero-order chi connectivity index (χ0) is 20.1. The van der Waals surface area contributed by atoms with Gasteiger partial charge in [-0.1, -0.05) is 24.3 Å². The van der Waals surface area contributed by atoms with Crippen molar-refractivity contribution in [1.29, 1.82) is 0 Å². The molecule has 1 fully saturated rings. The summed E-state index contributed by atoms with van der Waals surface area (Å²) in [6.07, 6.45) is 11.7. The highest BCUT2D eigenvalue weighted by Gasteiger charge is 2.22. The van der Waals surface area contributed by atoms with Gasteiger partial charge in [-0.25, -0.2) is 0 Å².